The number of halogens is 1. The molecule has 1 saturated heterocycles. The molecule has 1 fully saturated rings. The lowest BCUT2D eigenvalue weighted by atomic mass is 9.74. The second-order valence-electron chi connectivity index (χ2n) is 6.44. The first-order chi connectivity index (χ1) is 10.4. The molecule has 0 bridgehead atoms. The van der Waals surface area contributed by atoms with Gasteiger partial charge in [-0.1, -0.05) is 48.5 Å². The Bertz CT molecular complexity index is 618. The summed E-state index contributed by atoms with van der Waals surface area (Å²) in [6, 6.07) is 19.7. The third-order valence-corrected chi connectivity index (χ3v) is 5.18. The summed E-state index contributed by atoms with van der Waals surface area (Å²) in [5.41, 5.74) is 4.71. The summed E-state index contributed by atoms with van der Waals surface area (Å²) in [4.78, 5) is 2.60. The molecule has 2 aliphatic rings. The fraction of sp³-hybridized carbons (Fsp3) is 0.368. The van der Waals surface area contributed by atoms with Crippen LogP contribution in [-0.4, -0.2) is 24.5 Å². The van der Waals surface area contributed by atoms with Gasteiger partial charge < -0.3 is 5.32 Å². The molecule has 0 amide bonds. The maximum Gasteiger partial charge on any atom is 0.0379 e. The van der Waals surface area contributed by atoms with Crippen LogP contribution < -0.4 is 5.32 Å². The molecule has 4 rings (SSSR count). The lowest BCUT2D eigenvalue weighted by molar-refractivity contribution is 0.162. The highest BCUT2D eigenvalue weighted by Crippen LogP contribution is 2.43. The standard InChI is InChI=1S/C19H22N2.ClH/c1-2-6-16(7-3-1)14-21-12-10-19(11-13-21)15-20-18-9-5-4-8-17(18)19;/h1-9,20H,10-15H2;1H. The number of nitrogens with zero attached hydrogens (tertiary/aromatic N) is 1. The number of rotatable bonds is 2. The highest BCUT2D eigenvalue weighted by molar-refractivity contribution is 5.85. The van der Waals surface area contributed by atoms with Crippen molar-refractivity contribution in [2.24, 2.45) is 0 Å². The second kappa shape index (κ2) is 6.31. The van der Waals surface area contributed by atoms with E-state index in [0.717, 1.165) is 13.1 Å². The number of nitrogens with one attached hydrogen (secondary N) is 1. The van der Waals surface area contributed by atoms with Gasteiger partial charge in [0.25, 0.3) is 0 Å². The summed E-state index contributed by atoms with van der Waals surface area (Å²) in [5, 5.41) is 3.61. The van der Waals surface area contributed by atoms with Crippen molar-refractivity contribution in [2.75, 3.05) is 25.0 Å². The van der Waals surface area contributed by atoms with Crippen molar-refractivity contribution < 1.29 is 0 Å². The Hall–Kier alpha value is -1.51. The molecule has 0 unspecified atom stereocenters. The molecule has 2 heterocycles. The molecule has 0 aliphatic carbocycles. The van der Waals surface area contributed by atoms with Crippen molar-refractivity contribution >= 4 is 18.1 Å². The predicted molar refractivity (Wildman–Crippen MR) is 94.8 cm³/mol. The van der Waals surface area contributed by atoms with Crippen LogP contribution in [0.25, 0.3) is 0 Å². The van der Waals surface area contributed by atoms with Crippen molar-refractivity contribution in [3.05, 3.63) is 65.7 Å². The van der Waals surface area contributed by atoms with Gasteiger partial charge in [-0.05, 0) is 43.1 Å². The quantitative estimate of drug-likeness (QED) is 0.899. The molecule has 2 nitrogen and oxygen atoms in total. The number of fused-ring (bicyclic) bond motifs is 2. The van der Waals surface area contributed by atoms with Crippen LogP contribution in [0.1, 0.15) is 24.0 Å². The molecule has 22 heavy (non-hydrogen) atoms. The molecule has 1 spiro atoms. The molecule has 2 aromatic carbocycles. The van der Waals surface area contributed by atoms with E-state index in [9.17, 15) is 0 Å². The van der Waals surface area contributed by atoms with E-state index in [-0.39, 0.29) is 12.4 Å². The van der Waals surface area contributed by atoms with Gasteiger partial charge >= 0.3 is 0 Å². The molecule has 0 radical (unpaired) electrons. The number of likely N-dealkylation sites (tertiary alicyclic amines) is 1. The Balaban J connectivity index is 0.00000144. The van der Waals surface area contributed by atoms with Crippen molar-refractivity contribution in [3.8, 4) is 0 Å². The van der Waals surface area contributed by atoms with E-state index in [1.807, 2.05) is 0 Å². The van der Waals surface area contributed by atoms with Crippen LogP contribution in [0.5, 0.6) is 0 Å². The number of hydrogen-bond donors (Lipinski definition) is 1. The summed E-state index contributed by atoms with van der Waals surface area (Å²) in [7, 11) is 0. The third-order valence-electron chi connectivity index (χ3n) is 5.18. The molecule has 116 valence electrons. The van der Waals surface area contributed by atoms with Gasteiger partial charge in [0, 0.05) is 24.2 Å². The number of para-hydroxylation sites is 1. The van der Waals surface area contributed by atoms with Gasteiger partial charge in [0.15, 0.2) is 0 Å². The van der Waals surface area contributed by atoms with Crippen molar-refractivity contribution in [2.45, 2.75) is 24.8 Å². The smallest absolute Gasteiger partial charge is 0.0379 e. The molecular weight excluding hydrogens is 292 g/mol. The molecule has 0 atom stereocenters. The zero-order valence-electron chi connectivity index (χ0n) is 12.8. The van der Waals surface area contributed by atoms with Gasteiger partial charge in [-0.25, -0.2) is 0 Å². The van der Waals surface area contributed by atoms with E-state index >= 15 is 0 Å². The Morgan fingerprint density at radius 3 is 2.36 bits per heavy atom. The summed E-state index contributed by atoms with van der Waals surface area (Å²) in [6.07, 6.45) is 2.54. The fourth-order valence-electron chi connectivity index (χ4n) is 3.89. The summed E-state index contributed by atoms with van der Waals surface area (Å²) in [6.45, 7) is 4.60. The van der Waals surface area contributed by atoms with E-state index in [1.165, 1.54) is 37.2 Å². The van der Waals surface area contributed by atoms with Gasteiger partial charge in [0.2, 0.25) is 0 Å². The van der Waals surface area contributed by atoms with Gasteiger partial charge in [0.1, 0.15) is 0 Å². The second-order valence-corrected chi connectivity index (χ2v) is 6.44. The maximum atomic E-state index is 3.61. The first-order valence-electron chi connectivity index (χ1n) is 7.95. The van der Waals surface area contributed by atoms with E-state index in [0.29, 0.717) is 5.41 Å². The van der Waals surface area contributed by atoms with Crippen LogP contribution in [0, 0.1) is 0 Å². The number of benzene rings is 2. The summed E-state index contributed by atoms with van der Waals surface area (Å²) in [5.74, 6) is 0. The zero-order valence-corrected chi connectivity index (χ0v) is 13.6. The van der Waals surface area contributed by atoms with Crippen LogP contribution in [-0.2, 0) is 12.0 Å². The topological polar surface area (TPSA) is 15.3 Å². The molecule has 1 N–H and O–H groups in total. The van der Waals surface area contributed by atoms with Crippen LogP contribution in [0.15, 0.2) is 54.6 Å². The minimum Gasteiger partial charge on any atom is -0.384 e. The lowest BCUT2D eigenvalue weighted by Gasteiger charge is -2.39. The van der Waals surface area contributed by atoms with Gasteiger partial charge in [-0.15, -0.1) is 12.4 Å². The molecule has 2 aliphatic heterocycles. The van der Waals surface area contributed by atoms with Gasteiger partial charge in [-0.2, -0.15) is 0 Å². The highest BCUT2D eigenvalue weighted by atomic mass is 35.5. The van der Waals surface area contributed by atoms with Gasteiger partial charge in [-0.3, -0.25) is 4.90 Å². The maximum absolute atomic E-state index is 3.61. The SMILES string of the molecule is Cl.c1ccc(CN2CCC3(CC2)CNc2ccccc23)cc1. The average Bonchev–Trinajstić information content (AvgIpc) is 2.90. The molecular formula is C19H23ClN2. The Morgan fingerprint density at radius 1 is 0.909 bits per heavy atom. The van der Waals surface area contributed by atoms with E-state index in [1.54, 1.807) is 5.56 Å². The van der Waals surface area contributed by atoms with Crippen molar-refractivity contribution in [3.63, 3.8) is 0 Å². The normalized spacial score (nSPS) is 19.3. The van der Waals surface area contributed by atoms with Crippen LogP contribution in [0.2, 0.25) is 0 Å². The Morgan fingerprint density at radius 2 is 1.59 bits per heavy atom. The van der Waals surface area contributed by atoms with E-state index in [2.05, 4.69) is 64.8 Å². The first kappa shape index (κ1) is 15.4. The van der Waals surface area contributed by atoms with Crippen LogP contribution >= 0.6 is 12.4 Å². The van der Waals surface area contributed by atoms with Crippen molar-refractivity contribution in [1.82, 2.24) is 4.90 Å². The first-order valence-corrected chi connectivity index (χ1v) is 7.95. The Kier molecular flexibility index (Phi) is 4.42. The van der Waals surface area contributed by atoms with Crippen LogP contribution in [0.4, 0.5) is 5.69 Å². The predicted octanol–water partition coefficient (Wildman–Crippen LogP) is 4.07. The average molecular weight is 315 g/mol. The minimum atomic E-state index is 0. The number of hydrogen-bond acceptors (Lipinski definition) is 2. The van der Waals surface area contributed by atoms with E-state index in [4.69, 9.17) is 0 Å². The summed E-state index contributed by atoms with van der Waals surface area (Å²) < 4.78 is 0. The van der Waals surface area contributed by atoms with Crippen molar-refractivity contribution in [1.29, 1.82) is 0 Å². The molecule has 0 aromatic heterocycles. The van der Waals surface area contributed by atoms with Crippen LogP contribution in [0.3, 0.4) is 0 Å². The van der Waals surface area contributed by atoms with E-state index < -0.39 is 0 Å². The summed E-state index contributed by atoms with van der Waals surface area (Å²) >= 11 is 0. The third kappa shape index (κ3) is 2.73. The zero-order chi connectivity index (χ0) is 14.1. The monoisotopic (exact) mass is 314 g/mol. The molecule has 0 saturated carbocycles. The fourth-order valence-corrected chi connectivity index (χ4v) is 3.89. The molecule has 2 aromatic rings. The number of piperidine rings is 1. The van der Waals surface area contributed by atoms with Gasteiger partial charge in [0.05, 0.1) is 0 Å². The number of anilines is 1. The Labute approximate surface area is 138 Å². The largest absolute Gasteiger partial charge is 0.384 e. The lowest BCUT2D eigenvalue weighted by Crippen LogP contribution is -2.43. The minimum absolute atomic E-state index is 0. The highest BCUT2D eigenvalue weighted by Gasteiger charge is 2.40. The molecule has 3 heteroatoms.